The molecule has 3 N–H and O–H groups in total. The molecular weight excluding hydrogens is 512 g/mol. The Morgan fingerprint density at radius 3 is 2.49 bits per heavy atom. The van der Waals surface area contributed by atoms with Crippen LogP contribution in [0.2, 0.25) is 0 Å². The van der Waals surface area contributed by atoms with Crippen molar-refractivity contribution in [1.82, 2.24) is 20.3 Å². The lowest BCUT2D eigenvalue weighted by atomic mass is 10.1. The van der Waals surface area contributed by atoms with Crippen LogP contribution >= 0.6 is 11.3 Å². The molecule has 2 aromatic heterocycles. The van der Waals surface area contributed by atoms with Crippen LogP contribution in [0.3, 0.4) is 0 Å². The van der Waals surface area contributed by atoms with Gasteiger partial charge in [0, 0.05) is 16.6 Å². The zero-order valence-electron chi connectivity index (χ0n) is 19.9. The third-order valence-electron chi connectivity index (χ3n) is 6.44. The molecule has 0 saturated heterocycles. The molecule has 4 aromatic rings. The molecule has 0 spiro atoms. The van der Waals surface area contributed by atoms with Crippen LogP contribution in [0.25, 0.3) is 11.0 Å². The molecule has 10 nitrogen and oxygen atoms in total. The molecule has 2 aromatic carbocycles. The number of nitrogens with two attached hydrogens (primary N) is 1. The van der Waals surface area contributed by atoms with E-state index < -0.39 is 22.0 Å². The SMILES string of the molecule is NS(=O)(=O)c1ccc(N(C(=O)Cn2nnc3ccccc32)[C@@H](C(=O)NC2CCCC2)c2cccs2)cc1. The van der Waals surface area contributed by atoms with Crippen molar-refractivity contribution in [1.29, 1.82) is 0 Å². The number of fused-ring (bicyclic) bond motifs is 1. The van der Waals surface area contributed by atoms with E-state index in [1.807, 2.05) is 35.7 Å². The van der Waals surface area contributed by atoms with Gasteiger partial charge in [-0.3, -0.25) is 14.5 Å². The van der Waals surface area contributed by atoms with Gasteiger partial charge in [0.05, 0.1) is 10.4 Å². The van der Waals surface area contributed by atoms with Gasteiger partial charge >= 0.3 is 0 Å². The lowest BCUT2D eigenvalue weighted by Crippen LogP contribution is -2.47. The number of rotatable bonds is 8. The topological polar surface area (TPSA) is 140 Å². The lowest BCUT2D eigenvalue weighted by molar-refractivity contribution is -0.127. The number of hydrogen-bond acceptors (Lipinski definition) is 7. The Hall–Kier alpha value is -3.61. The number of amides is 2. The average molecular weight is 539 g/mol. The number of carbonyl (C=O) groups excluding carboxylic acids is 2. The van der Waals surface area contributed by atoms with E-state index in [1.165, 1.54) is 45.2 Å². The monoisotopic (exact) mass is 538 g/mol. The summed E-state index contributed by atoms with van der Waals surface area (Å²) in [5.74, 6) is -0.694. The number of benzene rings is 2. The van der Waals surface area contributed by atoms with Crippen molar-refractivity contribution in [3.05, 3.63) is 70.9 Å². The lowest BCUT2D eigenvalue weighted by Gasteiger charge is -2.31. The summed E-state index contributed by atoms with van der Waals surface area (Å²) in [4.78, 5) is 29.6. The number of para-hydroxylation sites is 1. The van der Waals surface area contributed by atoms with Gasteiger partial charge in [-0.15, -0.1) is 16.4 Å². The molecule has 2 amide bonds. The van der Waals surface area contributed by atoms with Crippen molar-refractivity contribution in [3.63, 3.8) is 0 Å². The second kappa shape index (κ2) is 10.4. The third-order valence-corrected chi connectivity index (χ3v) is 8.29. The minimum Gasteiger partial charge on any atom is -0.351 e. The molecule has 1 aliphatic rings. The van der Waals surface area contributed by atoms with Crippen molar-refractivity contribution in [2.75, 3.05) is 4.90 Å². The fourth-order valence-corrected chi connectivity index (χ4v) is 5.97. The van der Waals surface area contributed by atoms with Crippen LogP contribution in [-0.2, 0) is 26.2 Å². The zero-order chi connectivity index (χ0) is 26.0. The van der Waals surface area contributed by atoms with Gasteiger partial charge in [0.25, 0.3) is 0 Å². The van der Waals surface area contributed by atoms with Gasteiger partial charge in [-0.2, -0.15) is 0 Å². The molecule has 12 heteroatoms. The summed E-state index contributed by atoms with van der Waals surface area (Å²) >= 11 is 1.37. The maximum absolute atomic E-state index is 13.9. The van der Waals surface area contributed by atoms with Gasteiger partial charge in [0.1, 0.15) is 18.1 Å². The van der Waals surface area contributed by atoms with Crippen LogP contribution in [0.15, 0.2) is 70.9 Å². The van der Waals surface area contributed by atoms with Gasteiger partial charge in [-0.1, -0.05) is 36.3 Å². The van der Waals surface area contributed by atoms with Crippen LogP contribution in [-0.4, -0.2) is 41.3 Å². The van der Waals surface area contributed by atoms with E-state index in [9.17, 15) is 18.0 Å². The van der Waals surface area contributed by atoms with E-state index in [-0.39, 0.29) is 23.4 Å². The standard InChI is InChI=1S/C25H26N6O4S2/c26-37(34,35)19-13-11-18(12-14-19)31(23(32)16-30-21-9-4-3-8-20(21)28-29-30)24(22-10-5-15-36-22)25(33)27-17-6-1-2-7-17/h3-5,8-15,17,24H,1-2,6-7,16H2,(H,27,33)(H2,26,34,35)/t24-/m1/s1. The average Bonchev–Trinajstić information content (AvgIpc) is 3.65. The van der Waals surface area contributed by atoms with Crippen molar-refractivity contribution < 1.29 is 18.0 Å². The van der Waals surface area contributed by atoms with Gasteiger partial charge in [0.15, 0.2) is 0 Å². The first kappa shape index (κ1) is 25.1. The molecular formula is C25H26N6O4S2. The Kier molecular flexibility index (Phi) is 7.04. The van der Waals surface area contributed by atoms with Crippen LogP contribution in [0.4, 0.5) is 5.69 Å². The van der Waals surface area contributed by atoms with Crippen LogP contribution < -0.4 is 15.4 Å². The first-order valence-electron chi connectivity index (χ1n) is 11.9. The molecule has 37 heavy (non-hydrogen) atoms. The summed E-state index contributed by atoms with van der Waals surface area (Å²) < 4.78 is 25.1. The molecule has 1 fully saturated rings. The fourth-order valence-electron chi connectivity index (χ4n) is 4.64. The number of nitrogens with zero attached hydrogens (tertiary/aromatic N) is 4. The largest absolute Gasteiger partial charge is 0.351 e. The predicted octanol–water partition coefficient (Wildman–Crippen LogP) is 2.97. The van der Waals surface area contributed by atoms with Gasteiger partial charge in [0.2, 0.25) is 21.8 Å². The summed E-state index contributed by atoms with van der Waals surface area (Å²) in [6.45, 7) is -0.171. The summed E-state index contributed by atoms with van der Waals surface area (Å²) in [6.07, 6.45) is 3.88. The maximum Gasteiger partial charge on any atom is 0.249 e. The Morgan fingerprint density at radius 1 is 1.08 bits per heavy atom. The molecule has 5 rings (SSSR count). The van der Waals surface area contributed by atoms with Crippen LogP contribution in [0.1, 0.15) is 36.6 Å². The van der Waals surface area contributed by atoms with Crippen molar-refractivity contribution in [3.8, 4) is 0 Å². The van der Waals surface area contributed by atoms with E-state index in [4.69, 9.17) is 5.14 Å². The molecule has 2 heterocycles. The number of anilines is 1. The summed E-state index contributed by atoms with van der Waals surface area (Å²) in [7, 11) is -3.93. The zero-order valence-corrected chi connectivity index (χ0v) is 21.5. The third kappa shape index (κ3) is 5.41. The highest BCUT2D eigenvalue weighted by molar-refractivity contribution is 7.89. The Bertz CT molecular complexity index is 1510. The fraction of sp³-hybridized carbons (Fsp3) is 0.280. The van der Waals surface area contributed by atoms with E-state index in [1.54, 1.807) is 6.07 Å². The van der Waals surface area contributed by atoms with Crippen molar-refractivity contribution >= 4 is 49.9 Å². The molecule has 1 atom stereocenters. The van der Waals surface area contributed by atoms with Gasteiger partial charge in [-0.25, -0.2) is 18.2 Å². The molecule has 0 radical (unpaired) electrons. The molecule has 1 aliphatic carbocycles. The molecule has 0 bridgehead atoms. The number of hydrogen-bond donors (Lipinski definition) is 2. The van der Waals surface area contributed by atoms with Gasteiger partial charge in [-0.05, 0) is 60.7 Å². The van der Waals surface area contributed by atoms with Crippen molar-refractivity contribution in [2.45, 2.75) is 49.2 Å². The molecule has 192 valence electrons. The molecule has 0 aliphatic heterocycles. The number of nitrogens with one attached hydrogen (secondary N) is 1. The van der Waals surface area contributed by atoms with Crippen LogP contribution in [0.5, 0.6) is 0 Å². The Morgan fingerprint density at radius 2 is 1.81 bits per heavy atom. The second-order valence-corrected chi connectivity index (χ2v) is 11.5. The number of primary sulfonamides is 1. The van der Waals surface area contributed by atoms with E-state index in [0.29, 0.717) is 21.6 Å². The normalized spacial score (nSPS) is 15.1. The number of carbonyl (C=O) groups is 2. The van der Waals surface area contributed by atoms with E-state index >= 15 is 0 Å². The minimum absolute atomic E-state index is 0.0518. The minimum atomic E-state index is -3.93. The quantitative estimate of drug-likeness (QED) is 0.353. The first-order valence-corrected chi connectivity index (χ1v) is 14.3. The Labute approximate surface area is 218 Å². The maximum atomic E-state index is 13.9. The summed E-state index contributed by atoms with van der Waals surface area (Å²) in [5, 5.41) is 18.5. The van der Waals surface area contributed by atoms with Crippen molar-refractivity contribution in [2.24, 2.45) is 5.14 Å². The highest BCUT2D eigenvalue weighted by Gasteiger charge is 2.35. The predicted molar refractivity (Wildman–Crippen MR) is 140 cm³/mol. The second-order valence-electron chi connectivity index (χ2n) is 8.95. The number of thiophene rings is 1. The number of sulfonamides is 1. The summed E-state index contributed by atoms with van der Waals surface area (Å²) in [5.41, 5.74) is 1.69. The first-order chi connectivity index (χ1) is 17.8. The summed E-state index contributed by atoms with van der Waals surface area (Å²) in [6, 6.07) is 15.7. The highest BCUT2D eigenvalue weighted by Crippen LogP contribution is 2.32. The smallest absolute Gasteiger partial charge is 0.249 e. The van der Waals surface area contributed by atoms with Crippen LogP contribution in [0, 0.1) is 0 Å². The van der Waals surface area contributed by atoms with E-state index in [2.05, 4.69) is 15.6 Å². The molecule has 1 saturated carbocycles. The van der Waals surface area contributed by atoms with E-state index in [0.717, 1.165) is 25.7 Å². The van der Waals surface area contributed by atoms with Gasteiger partial charge < -0.3 is 5.32 Å². The number of aromatic nitrogens is 3. The highest BCUT2D eigenvalue weighted by atomic mass is 32.2. The molecule has 0 unspecified atom stereocenters. The Balaban J connectivity index is 1.56.